The van der Waals surface area contributed by atoms with Gasteiger partial charge in [-0.1, -0.05) is 39.5 Å². The lowest BCUT2D eigenvalue weighted by Gasteiger charge is -2.24. The molecule has 1 saturated heterocycles. The standard InChI is InChI=1S/C18H32N2O2/c1-13(2)7-6-8-14(3)19-18(22)15-11-17(21)20(12-15)16-9-4-5-10-16/h13-16H,4-12H2,1-3H3,(H,19,22)/t14-,15-/m0/s1. The van der Waals surface area contributed by atoms with E-state index in [-0.39, 0.29) is 23.8 Å². The maximum absolute atomic E-state index is 12.4. The van der Waals surface area contributed by atoms with Gasteiger partial charge in [0, 0.05) is 25.0 Å². The largest absolute Gasteiger partial charge is 0.353 e. The molecule has 2 aliphatic rings. The molecule has 126 valence electrons. The summed E-state index contributed by atoms with van der Waals surface area (Å²) in [5.41, 5.74) is 0. The molecule has 1 N–H and O–H groups in total. The third kappa shape index (κ3) is 4.72. The van der Waals surface area contributed by atoms with Crippen LogP contribution in [-0.2, 0) is 9.59 Å². The maximum Gasteiger partial charge on any atom is 0.225 e. The molecule has 0 aromatic carbocycles. The monoisotopic (exact) mass is 308 g/mol. The molecule has 1 saturated carbocycles. The molecule has 0 aromatic rings. The van der Waals surface area contributed by atoms with Crippen molar-refractivity contribution in [3.05, 3.63) is 0 Å². The molecule has 0 bridgehead atoms. The molecule has 0 spiro atoms. The second-order valence-electron chi connectivity index (χ2n) is 7.62. The van der Waals surface area contributed by atoms with Gasteiger partial charge in [0.25, 0.3) is 0 Å². The van der Waals surface area contributed by atoms with E-state index in [1.54, 1.807) is 0 Å². The molecule has 22 heavy (non-hydrogen) atoms. The van der Waals surface area contributed by atoms with Gasteiger partial charge in [-0.3, -0.25) is 9.59 Å². The van der Waals surface area contributed by atoms with Gasteiger partial charge in [-0.05, 0) is 32.1 Å². The molecule has 2 atom stereocenters. The van der Waals surface area contributed by atoms with Crippen molar-refractivity contribution in [3.8, 4) is 0 Å². The van der Waals surface area contributed by atoms with Crippen LogP contribution in [0.3, 0.4) is 0 Å². The van der Waals surface area contributed by atoms with Gasteiger partial charge in [0.2, 0.25) is 11.8 Å². The van der Waals surface area contributed by atoms with Crippen LogP contribution in [0.4, 0.5) is 0 Å². The first kappa shape index (κ1) is 17.3. The Balaban J connectivity index is 1.74. The van der Waals surface area contributed by atoms with Crippen LogP contribution in [0.15, 0.2) is 0 Å². The average molecular weight is 308 g/mol. The van der Waals surface area contributed by atoms with Crippen molar-refractivity contribution in [2.75, 3.05) is 6.54 Å². The molecular weight excluding hydrogens is 276 g/mol. The van der Waals surface area contributed by atoms with Crippen LogP contribution in [-0.4, -0.2) is 35.3 Å². The van der Waals surface area contributed by atoms with E-state index in [4.69, 9.17) is 0 Å². The van der Waals surface area contributed by atoms with Gasteiger partial charge in [0.1, 0.15) is 0 Å². The molecule has 2 rings (SSSR count). The van der Waals surface area contributed by atoms with E-state index in [9.17, 15) is 9.59 Å². The van der Waals surface area contributed by atoms with Crippen LogP contribution < -0.4 is 5.32 Å². The van der Waals surface area contributed by atoms with Gasteiger partial charge in [-0.2, -0.15) is 0 Å². The van der Waals surface area contributed by atoms with Crippen molar-refractivity contribution in [2.24, 2.45) is 11.8 Å². The highest BCUT2D eigenvalue weighted by Gasteiger charge is 2.38. The second-order valence-corrected chi connectivity index (χ2v) is 7.62. The summed E-state index contributed by atoms with van der Waals surface area (Å²) in [5, 5.41) is 3.11. The van der Waals surface area contributed by atoms with Crippen molar-refractivity contribution >= 4 is 11.8 Å². The second kappa shape index (κ2) is 7.98. The number of nitrogens with one attached hydrogen (secondary N) is 1. The predicted octanol–water partition coefficient (Wildman–Crippen LogP) is 3.11. The molecule has 1 aliphatic heterocycles. The van der Waals surface area contributed by atoms with Crippen molar-refractivity contribution in [1.82, 2.24) is 10.2 Å². The number of hydrogen-bond acceptors (Lipinski definition) is 2. The fourth-order valence-electron chi connectivity index (χ4n) is 3.74. The van der Waals surface area contributed by atoms with Crippen LogP contribution in [0.2, 0.25) is 0 Å². The zero-order valence-electron chi connectivity index (χ0n) is 14.4. The van der Waals surface area contributed by atoms with E-state index in [0.29, 0.717) is 19.0 Å². The zero-order chi connectivity index (χ0) is 16.1. The van der Waals surface area contributed by atoms with Gasteiger partial charge >= 0.3 is 0 Å². The fraction of sp³-hybridized carbons (Fsp3) is 0.889. The van der Waals surface area contributed by atoms with Crippen LogP contribution in [0.25, 0.3) is 0 Å². The highest BCUT2D eigenvalue weighted by Crippen LogP contribution is 2.29. The normalized spacial score (nSPS) is 24.3. The molecule has 0 radical (unpaired) electrons. The Morgan fingerprint density at radius 2 is 1.91 bits per heavy atom. The third-order valence-corrected chi connectivity index (χ3v) is 5.10. The Kier molecular flexibility index (Phi) is 6.27. The number of amides is 2. The molecule has 2 amide bonds. The van der Waals surface area contributed by atoms with E-state index in [1.807, 2.05) is 4.90 Å². The Morgan fingerprint density at radius 3 is 2.55 bits per heavy atom. The summed E-state index contributed by atoms with van der Waals surface area (Å²) in [5.74, 6) is 0.835. The first-order valence-corrected chi connectivity index (χ1v) is 9.07. The van der Waals surface area contributed by atoms with E-state index in [2.05, 4.69) is 26.1 Å². The minimum absolute atomic E-state index is 0.0749. The number of carbonyl (C=O) groups is 2. The van der Waals surface area contributed by atoms with Gasteiger partial charge in [-0.15, -0.1) is 0 Å². The smallest absolute Gasteiger partial charge is 0.225 e. The average Bonchev–Trinajstić information content (AvgIpc) is 3.06. The van der Waals surface area contributed by atoms with Crippen molar-refractivity contribution < 1.29 is 9.59 Å². The van der Waals surface area contributed by atoms with Gasteiger partial charge in [0.15, 0.2) is 0 Å². The molecule has 0 unspecified atom stereocenters. The molecule has 1 aliphatic carbocycles. The lowest BCUT2D eigenvalue weighted by Crippen LogP contribution is -2.39. The van der Waals surface area contributed by atoms with Crippen molar-refractivity contribution in [1.29, 1.82) is 0 Å². The summed E-state index contributed by atoms with van der Waals surface area (Å²) in [6.07, 6.45) is 8.46. The maximum atomic E-state index is 12.4. The lowest BCUT2D eigenvalue weighted by molar-refractivity contribution is -0.130. The fourth-order valence-corrected chi connectivity index (χ4v) is 3.74. The summed E-state index contributed by atoms with van der Waals surface area (Å²) >= 11 is 0. The van der Waals surface area contributed by atoms with E-state index in [0.717, 1.165) is 31.6 Å². The summed E-state index contributed by atoms with van der Waals surface area (Å²) in [6.45, 7) is 7.16. The lowest BCUT2D eigenvalue weighted by atomic mass is 10.0. The van der Waals surface area contributed by atoms with Crippen LogP contribution >= 0.6 is 0 Å². The zero-order valence-corrected chi connectivity index (χ0v) is 14.4. The first-order chi connectivity index (χ1) is 10.5. The quantitative estimate of drug-likeness (QED) is 0.785. The highest BCUT2D eigenvalue weighted by molar-refractivity contribution is 5.89. The van der Waals surface area contributed by atoms with E-state index in [1.165, 1.54) is 19.3 Å². The van der Waals surface area contributed by atoms with Crippen LogP contribution in [0.1, 0.15) is 72.1 Å². The molecule has 4 heteroatoms. The number of hydrogen-bond donors (Lipinski definition) is 1. The van der Waals surface area contributed by atoms with Crippen molar-refractivity contribution in [2.45, 2.75) is 84.2 Å². The Labute approximate surface area is 135 Å². The highest BCUT2D eigenvalue weighted by atomic mass is 16.2. The number of nitrogens with zero attached hydrogens (tertiary/aromatic N) is 1. The molecular formula is C18H32N2O2. The van der Waals surface area contributed by atoms with Gasteiger partial charge in [-0.25, -0.2) is 0 Å². The molecule has 4 nitrogen and oxygen atoms in total. The first-order valence-electron chi connectivity index (χ1n) is 9.07. The van der Waals surface area contributed by atoms with Crippen LogP contribution in [0, 0.1) is 11.8 Å². The SMILES string of the molecule is CC(C)CCC[C@H](C)NC(=O)[C@H]1CC(=O)N(C2CCCC2)C1. The minimum Gasteiger partial charge on any atom is -0.353 e. The van der Waals surface area contributed by atoms with Gasteiger partial charge in [0.05, 0.1) is 5.92 Å². The number of carbonyl (C=O) groups excluding carboxylic acids is 2. The Hall–Kier alpha value is -1.06. The van der Waals surface area contributed by atoms with Crippen molar-refractivity contribution in [3.63, 3.8) is 0 Å². The summed E-state index contributed by atoms with van der Waals surface area (Å²) in [4.78, 5) is 26.5. The summed E-state index contributed by atoms with van der Waals surface area (Å²) < 4.78 is 0. The molecule has 0 aromatic heterocycles. The molecule has 1 heterocycles. The topological polar surface area (TPSA) is 49.4 Å². The summed E-state index contributed by atoms with van der Waals surface area (Å²) in [6, 6.07) is 0.607. The van der Waals surface area contributed by atoms with E-state index >= 15 is 0 Å². The summed E-state index contributed by atoms with van der Waals surface area (Å²) in [7, 11) is 0. The number of likely N-dealkylation sites (tertiary alicyclic amines) is 1. The third-order valence-electron chi connectivity index (χ3n) is 5.10. The van der Waals surface area contributed by atoms with Crippen LogP contribution in [0.5, 0.6) is 0 Å². The van der Waals surface area contributed by atoms with E-state index < -0.39 is 0 Å². The molecule has 2 fully saturated rings. The Morgan fingerprint density at radius 1 is 1.23 bits per heavy atom. The number of rotatable bonds is 7. The minimum atomic E-state index is -0.138. The Bertz CT molecular complexity index is 389. The van der Waals surface area contributed by atoms with Gasteiger partial charge < -0.3 is 10.2 Å². The predicted molar refractivity (Wildman–Crippen MR) is 88.4 cm³/mol.